The third-order valence-corrected chi connectivity index (χ3v) is 5.89. The molecule has 29 heavy (non-hydrogen) atoms. The Morgan fingerprint density at radius 2 is 1.14 bits per heavy atom. The van der Waals surface area contributed by atoms with Crippen LogP contribution in [0.1, 0.15) is 117 Å². The lowest BCUT2D eigenvalue weighted by molar-refractivity contribution is -0.137. The topological polar surface area (TPSA) is 98.0 Å². The number of hydrogen-bond donors (Lipinski definition) is 4. The third kappa shape index (κ3) is 20.4. The van der Waals surface area contributed by atoms with Crippen LogP contribution in [0, 0.1) is 11.3 Å². The first-order valence-corrected chi connectivity index (χ1v) is 12.0. The van der Waals surface area contributed by atoms with Gasteiger partial charge in [0.15, 0.2) is 0 Å². The molecule has 0 aromatic rings. The van der Waals surface area contributed by atoms with Crippen LogP contribution in [0.5, 0.6) is 0 Å². The highest BCUT2D eigenvalue weighted by Gasteiger charge is 2.24. The second-order valence-corrected chi connectivity index (χ2v) is 8.69. The van der Waals surface area contributed by atoms with E-state index >= 15 is 0 Å². The number of carboxylic acids is 1. The van der Waals surface area contributed by atoms with Gasteiger partial charge in [0.1, 0.15) is 0 Å². The summed E-state index contributed by atoms with van der Waals surface area (Å²) in [5.41, 5.74) is -0.667. The summed E-state index contributed by atoms with van der Waals surface area (Å²) in [5, 5.41) is 34.5. The number of hydrogen-bond acceptors (Lipinski definition) is 4. The van der Waals surface area contributed by atoms with Crippen molar-refractivity contribution in [2.45, 2.75) is 117 Å². The Kier molecular flexibility index (Phi) is 23.2. The zero-order chi connectivity index (χ0) is 22.4. The summed E-state index contributed by atoms with van der Waals surface area (Å²) in [4.78, 5) is 10.4. The lowest BCUT2D eigenvalue weighted by Gasteiger charge is -2.24. The van der Waals surface area contributed by atoms with Gasteiger partial charge in [-0.25, -0.2) is 0 Å². The van der Waals surface area contributed by atoms with Gasteiger partial charge in [0, 0.05) is 11.8 Å². The average Bonchev–Trinajstić information content (AvgIpc) is 2.72. The molecule has 0 aliphatic carbocycles. The standard InChI is InChI=1S/C18H36O2.C6H14O3/c1-3-4-5-6-8-11-14-17(2)15-12-9-7-10-13-16-18(19)20;1-2-6(3-7,4-8)5-9/h17H,3-16H2,1-2H3,(H,19,20);7-9H,2-5H2,1H3. The molecular weight excluding hydrogens is 368 g/mol. The molecule has 0 saturated carbocycles. The van der Waals surface area contributed by atoms with Crippen LogP contribution in [-0.4, -0.2) is 46.2 Å². The van der Waals surface area contributed by atoms with Crippen molar-refractivity contribution in [2.75, 3.05) is 19.8 Å². The fourth-order valence-electron chi connectivity index (χ4n) is 3.20. The van der Waals surface area contributed by atoms with Gasteiger partial charge in [0.25, 0.3) is 0 Å². The molecule has 0 spiro atoms. The molecule has 0 rings (SSSR count). The maximum Gasteiger partial charge on any atom is 0.303 e. The van der Waals surface area contributed by atoms with Crippen molar-refractivity contribution in [3.8, 4) is 0 Å². The Labute approximate surface area is 179 Å². The largest absolute Gasteiger partial charge is 0.481 e. The van der Waals surface area contributed by atoms with Crippen molar-refractivity contribution in [2.24, 2.45) is 11.3 Å². The van der Waals surface area contributed by atoms with E-state index in [9.17, 15) is 4.79 Å². The number of carboxylic acid groups (broad SMARTS) is 1. The van der Waals surface area contributed by atoms with Gasteiger partial charge in [-0.15, -0.1) is 0 Å². The Bertz CT molecular complexity index is 325. The second kappa shape index (κ2) is 22.0. The molecule has 5 nitrogen and oxygen atoms in total. The van der Waals surface area contributed by atoms with Crippen LogP contribution in [0.3, 0.4) is 0 Å². The SMILES string of the molecule is CCC(CO)(CO)CO.CCCCCCCCC(C)CCCCCCCC(=O)O. The minimum absolute atomic E-state index is 0.156. The van der Waals surface area contributed by atoms with Crippen LogP contribution in [0.4, 0.5) is 0 Å². The number of unbranched alkanes of at least 4 members (excludes halogenated alkanes) is 9. The Balaban J connectivity index is 0. The zero-order valence-corrected chi connectivity index (χ0v) is 19.5. The lowest BCUT2D eigenvalue weighted by Crippen LogP contribution is -2.32. The van der Waals surface area contributed by atoms with Crippen LogP contribution >= 0.6 is 0 Å². The van der Waals surface area contributed by atoms with Crippen molar-refractivity contribution in [3.63, 3.8) is 0 Å². The molecule has 0 heterocycles. The molecule has 0 saturated heterocycles. The quantitative estimate of drug-likeness (QED) is 0.206. The van der Waals surface area contributed by atoms with Gasteiger partial charge < -0.3 is 20.4 Å². The number of rotatable bonds is 19. The molecule has 0 radical (unpaired) electrons. The predicted molar refractivity (Wildman–Crippen MR) is 121 cm³/mol. The van der Waals surface area contributed by atoms with Crippen LogP contribution in [0.25, 0.3) is 0 Å². The number of carbonyl (C=O) groups is 1. The highest BCUT2D eigenvalue weighted by atomic mass is 16.4. The molecule has 0 aliphatic heterocycles. The Morgan fingerprint density at radius 3 is 1.48 bits per heavy atom. The molecule has 0 aromatic carbocycles. The first kappa shape index (κ1) is 30.5. The van der Waals surface area contributed by atoms with Crippen molar-refractivity contribution in [1.29, 1.82) is 0 Å². The van der Waals surface area contributed by atoms with E-state index in [0.717, 1.165) is 18.8 Å². The van der Waals surface area contributed by atoms with Crippen LogP contribution in [-0.2, 0) is 4.79 Å². The minimum Gasteiger partial charge on any atom is -0.481 e. The van der Waals surface area contributed by atoms with Gasteiger partial charge in [0.05, 0.1) is 19.8 Å². The monoisotopic (exact) mass is 418 g/mol. The van der Waals surface area contributed by atoms with Gasteiger partial charge in [-0.1, -0.05) is 97.8 Å². The van der Waals surface area contributed by atoms with Crippen molar-refractivity contribution < 1.29 is 25.2 Å². The van der Waals surface area contributed by atoms with E-state index in [4.69, 9.17) is 20.4 Å². The molecule has 0 amide bonds. The summed E-state index contributed by atoms with van der Waals surface area (Å²) in [5.74, 6) is 0.220. The van der Waals surface area contributed by atoms with Crippen LogP contribution in [0.15, 0.2) is 0 Å². The van der Waals surface area contributed by atoms with E-state index < -0.39 is 11.4 Å². The third-order valence-electron chi connectivity index (χ3n) is 5.89. The smallest absolute Gasteiger partial charge is 0.303 e. The fourth-order valence-corrected chi connectivity index (χ4v) is 3.20. The van der Waals surface area contributed by atoms with E-state index in [2.05, 4.69) is 13.8 Å². The lowest BCUT2D eigenvalue weighted by atomic mass is 9.88. The summed E-state index contributed by atoms with van der Waals surface area (Å²) < 4.78 is 0. The summed E-state index contributed by atoms with van der Waals surface area (Å²) in [7, 11) is 0. The first-order valence-electron chi connectivity index (χ1n) is 12.0. The van der Waals surface area contributed by atoms with E-state index in [1.54, 1.807) is 0 Å². The van der Waals surface area contributed by atoms with E-state index in [1.165, 1.54) is 70.6 Å². The van der Waals surface area contributed by atoms with Crippen molar-refractivity contribution >= 4 is 5.97 Å². The molecule has 1 unspecified atom stereocenters. The maximum absolute atomic E-state index is 10.4. The molecule has 1 atom stereocenters. The number of aliphatic hydroxyl groups is 3. The molecule has 176 valence electrons. The molecule has 0 aromatic heterocycles. The number of aliphatic carboxylic acids is 1. The molecule has 0 aliphatic rings. The van der Waals surface area contributed by atoms with Gasteiger partial charge >= 0.3 is 5.97 Å². The zero-order valence-electron chi connectivity index (χ0n) is 19.5. The Morgan fingerprint density at radius 1 is 0.724 bits per heavy atom. The molecular formula is C24H50O5. The van der Waals surface area contributed by atoms with Gasteiger partial charge in [0.2, 0.25) is 0 Å². The van der Waals surface area contributed by atoms with E-state index in [0.29, 0.717) is 12.8 Å². The van der Waals surface area contributed by atoms with E-state index in [1.807, 2.05) is 6.92 Å². The summed E-state index contributed by atoms with van der Waals surface area (Å²) in [6.07, 6.45) is 17.8. The van der Waals surface area contributed by atoms with E-state index in [-0.39, 0.29) is 19.8 Å². The molecule has 0 fully saturated rings. The van der Waals surface area contributed by atoms with Crippen molar-refractivity contribution in [3.05, 3.63) is 0 Å². The van der Waals surface area contributed by atoms with Crippen LogP contribution < -0.4 is 0 Å². The normalized spacial score (nSPS) is 12.3. The average molecular weight is 419 g/mol. The predicted octanol–water partition coefficient (Wildman–Crippen LogP) is 5.55. The minimum atomic E-state index is -0.667. The van der Waals surface area contributed by atoms with Gasteiger partial charge in [-0.05, 0) is 18.8 Å². The fraction of sp³-hybridized carbons (Fsp3) is 0.958. The molecule has 0 bridgehead atoms. The summed E-state index contributed by atoms with van der Waals surface area (Å²) in [6.45, 7) is 6.01. The highest BCUT2D eigenvalue weighted by Crippen LogP contribution is 2.19. The summed E-state index contributed by atoms with van der Waals surface area (Å²) >= 11 is 0. The van der Waals surface area contributed by atoms with Crippen LogP contribution in [0.2, 0.25) is 0 Å². The van der Waals surface area contributed by atoms with Crippen molar-refractivity contribution in [1.82, 2.24) is 0 Å². The highest BCUT2D eigenvalue weighted by molar-refractivity contribution is 5.66. The summed E-state index contributed by atoms with van der Waals surface area (Å²) in [6, 6.07) is 0. The molecule has 5 heteroatoms. The van der Waals surface area contributed by atoms with Gasteiger partial charge in [-0.2, -0.15) is 0 Å². The Hall–Kier alpha value is -0.650. The molecule has 4 N–H and O–H groups in total. The maximum atomic E-state index is 10.4. The van der Waals surface area contributed by atoms with Gasteiger partial charge in [-0.3, -0.25) is 4.79 Å². The number of aliphatic hydroxyl groups excluding tert-OH is 3. The second-order valence-electron chi connectivity index (χ2n) is 8.69. The first-order chi connectivity index (χ1) is 13.9.